The third kappa shape index (κ3) is 3.00. The Morgan fingerprint density at radius 3 is 2.53 bits per heavy atom. The fourth-order valence-electron chi connectivity index (χ4n) is 1.21. The number of nitrogens with one attached hydrogen (secondary N) is 1. The first-order valence-electron chi connectivity index (χ1n) is 4.94. The minimum absolute atomic E-state index is 0.339. The summed E-state index contributed by atoms with van der Waals surface area (Å²) in [5.74, 6) is -2.55. The van der Waals surface area contributed by atoms with E-state index in [0.717, 1.165) is 12.4 Å². The largest absolute Gasteiger partial charge is 0.480 e. The summed E-state index contributed by atoms with van der Waals surface area (Å²) in [5.41, 5.74) is -3.24. The Kier molecular flexibility index (Phi) is 4.13. The lowest BCUT2D eigenvalue weighted by atomic mass is 10.0. The molecule has 1 atom stereocenters. The van der Waals surface area contributed by atoms with Gasteiger partial charge in [-0.3, -0.25) is 9.88 Å². The molecule has 0 amide bonds. The van der Waals surface area contributed by atoms with Crippen LogP contribution in [0.2, 0.25) is 0 Å². The number of imidazole rings is 1. The minimum Gasteiger partial charge on any atom is -0.480 e. The summed E-state index contributed by atoms with van der Waals surface area (Å²) >= 11 is 0. The lowest BCUT2D eigenvalue weighted by molar-refractivity contribution is -0.206. The molecule has 0 aliphatic rings. The summed E-state index contributed by atoms with van der Waals surface area (Å²) in [7, 11) is 0. The number of aliphatic carboxylic acids is 1. The Balaban J connectivity index is 2.89. The van der Waals surface area contributed by atoms with Crippen LogP contribution in [0.5, 0.6) is 0 Å². The fraction of sp³-hybridized carbons (Fsp3) is 0.556. The number of hydrogen-bond acceptors (Lipinski definition) is 3. The van der Waals surface area contributed by atoms with Crippen molar-refractivity contribution in [3.8, 4) is 0 Å². The Bertz CT molecular complexity index is 459. The highest BCUT2D eigenvalue weighted by molar-refractivity contribution is 5.79. The van der Waals surface area contributed by atoms with E-state index in [0.29, 0.717) is 11.5 Å². The quantitative estimate of drug-likeness (QED) is 0.810. The topological polar surface area (TPSA) is 67.2 Å². The van der Waals surface area contributed by atoms with Gasteiger partial charge in [-0.05, 0) is 6.92 Å². The molecule has 1 rings (SSSR count). The molecule has 0 radical (unpaired) electrons. The molecule has 10 heteroatoms. The van der Waals surface area contributed by atoms with Gasteiger partial charge in [-0.15, -0.1) is 0 Å². The molecule has 1 aromatic heterocycles. The van der Waals surface area contributed by atoms with Crippen molar-refractivity contribution in [2.45, 2.75) is 31.7 Å². The molecule has 108 valence electrons. The van der Waals surface area contributed by atoms with Crippen molar-refractivity contribution in [2.75, 3.05) is 0 Å². The van der Waals surface area contributed by atoms with Gasteiger partial charge in [0.15, 0.2) is 0 Å². The average Bonchev–Trinajstić information content (AvgIpc) is 2.71. The molecule has 5 nitrogen and oxygen atoms in total. The van der Waals surface area contributed by atoms with Crippen molar-refractivity contribution in [3.05, 3.63) is 18.2 Å². The Morgan fingerprint density at radius 2 is 2.11 bits per heavy atom. The summed E-state index contributed by atoms with van der Waals surface area (Å²) in [6.07, 6.45) is -3.22. The molecule has 0 saturated heterocycles. The van der Waals surface area contributed by atoms with Crippen molar-refractivity contribution in [1.82, 2.24) is 14.9 Å². The van der Waals surface area contributed by atoms with E-state index in [2.05, 4.69) is 4.98 Å². The summed E-state index contributed by atoms with van der Waals surface area (Å²) < 4.78 is 63.1. The van der Waals surface area contributed by atoms with Crippen LogP contribution in [0.25, 0.3) is 0 Å². The number of rotatable bonds is 5. The first-order valence-corrected chi connectivity index (χ1v) is 4.94. The lowest BCUT2D eigenvalue weighted by Gasteiger charge is -2.28. The molecule has 0 fully saturated rings. The van der Waals surface area contributed by atoms with Gasteiger partial charge in [0.25, 0.3) is 0 Å². The van der Waals surface area contributed by atoms with Crippen molar-refractivity contribution in [2.24, 2.45) is 0 Å². The van der Waals surface area contributed by atoms with Gasteiger partial charge in [0.2, 0.25) is 5.54 Å². The summed E-state index contributed by atoms with van der Waals surface area (Å²) in [4.78, 5) is 14.1. The smallest absolute Gasteiger partial charge is 0.417 e. The number of alkyl halides is 5. The maximum atomic E-state index is 12.6. The summed E-state index contributed by atoms with van der Waals surface area (Å²) in [6, 6.07) is 0. The molecule has 19 heavy (non-hydrogen) atoms. The minimum atomic E-state index is -5.08. The highest BCUT2D eigenvalue weighted by Crippen LogP contribution is 2.30. The van der Waals surface area contributed by atoms with Crippen LogP contribution in [-0.2, 0) is 11.3 Å². The molecule has 0 saturated carbocycles. The monoisotopic (exact) mass is 287 g/mol. The van der Waals surface area contributed by atoms with Crippen LogP contribution in [-0.4, -0.2) is 32.3 Å². The standard InChI is InChI=1S/C9H10F5N3O2/c1-8(6(18)19,9(12,13)14)16-4-5-15-2-3-17(5)7(10)11/h2-3,7,16H,4H2,1H3,(H,18,19). The third-order valence-electron chi connectivity index (χ3n) is 2.55. The lowest BCUT2D eigenvalue weighted by Crippen LogP contribution is -2.60. The molecule has 0 aliphatic heterocycles. The number of carboxylic acid groups (broad SMARTS) is 1. The zero-order valence-corrected chi connectivity index (χ0v) is 9.58. The van der Waals surface area contributed by atoms with Crippen LogP contribution >= 0.6 is 0 Å². The normalized spacial score (nSPS) is 15.5. The predicted molar refractivity (Wildman–Crippen MR) is 52.4 cm³/mol. The maximum absolute atomic E-state index is 12.6. The van der Waals surface area contributed by atoms with Crippen LogP contribution in [0.4, 0.5) is 22.0 Å². The molecule has 0 aliphatic carbocycles. The van der Waals surface area contributed by atoms with Gasteiger partial charge in [0, 0.05) is 12.4 Å². The van der Waals surface area contributed by atoms with E-state index in [9.17, 15) is 26.7 Å². The highest BCUT2D eigenvalue weighted by atomic mass is 19.4. The van der Waals surface area contributed by atoms with Gasteiger partial charge < -0.3 is 5.11 Å². The average molecular weight is 287 g/mol. The molecule has 1 heterocycles. The molecule has 1 aromatic rings. The number of carbonyl (C=O) groups is 1. The predicted octanol–water partition coefficient (Wildman–Crippen LogP) is 1.77. The van der Waals surface area contributed by atoms with Gasteiger partial charge >= 0.3 is 18.7 Å². The third-order valence-corrected chi connectivity index (χ3v) is 2.55. The molecular formula is C9H10F5N3O2. The zero-order valence-electron chi connectivity index (χ0n) is 9.58. The van der Waals surface area contributed by atoms with Crippen LogP contribution in [0.1, 0.15) is 19.3 Å². The van der Waals surface area contributed by atoms with Crippen molar-refractivity contribution >= 4 is 5.97 Å². The molecule has 1 unspecified atom stereocenters. The van der Waals surface area contributed by atoms with Crippen LogP contribution < -0.4 is 5.32 Å². The number of halogens is 5. The highest BCUT2D eigenvalue weighted by Gasteiger charge is 2.57. The van der Waals surface area contributed by atoms with Crippen LogP contribution in [0.3, 0.4) is 0 Å². The Morgan fingerprint density at radius 1 is 1.53 bits per heavy atom. The summed E-state index contributed by atoms with van der Waals surface area (Å²) in [6.45, 7) is -3.33. The van der Waals surface area contributed by atoms with E-state index in [1.165, 1.54) is 0 Å². The second kappa shape index (κ2) is 5.11. The van der Waals surface area contributed by atoms with Crippen molar-refractivity contribution < 1.29 is 31.9 Å². The van der Waals surface area contributed by atoms with E-state index >= 15 is 0 Å². The van der Waals surface area contributed by atoms with E-state index in [1.54, 1.807) is 5.32 Å². The van der Waals surface area contributed by atoms with Crippen molar-refractivity contribution in [3.63, 3.8) is 0 Å². The van der Waals surface area contributed by atoms with Crippen LogP contribution in [0.15, 0.2) is 12.4 Å². The fourth-order valence-corrected chi connectivity index (χ4v) is 1.21. The van der Waals surface area contributed by atoms with Gasteiger partial charge in [-0.1, -0.05) is 0 Å². The van der Waals surface area contributed by atoms with E-state index in [1.807, 2.05) is 0 Å². The SMILES string of the molecule is CC(NCc1nccn1C(F)F)(C(=O)O)C(F)(F)F. The van der Waals surface area contributed by atoms with Gasteiger partial charge in [-0.25, -0.2) is 9.78 Å². The van der Waals surface area contributed by atoms with E-state index in [4.69, 9.17) is 5.11 Å². The Labute approximate surface area is 104 Å². The van der Waals surface area contributed by atoms with E-state index < -0.39 is 36.6 Å². The van der Waals surface area contributed by atoms with Crippen LogP contribution in [0, 0.1) is 0 Å². The van der Waals surface area contributed by atoms with E-state index in [-0.39, 0.29) is 0 Å². The molecule has 2 N–H and O–H groups in total. The second-order valence-electron chi connectivity index (χ2n) is 3.81. The molecule has 0 bridgehead atoms. The Hall–Kier alpha value is -1.71. The van der Waals surface area contributed by atoms with Gasteiger partial charge in [-0.2, -0.15) is 22.0 Å². The summed E-state index contributed by atoms with van der Waals surface area (Å²) in [5, 5.41) is 10.3. The van der Waals surface area contributed by atoms with Crippen molar-refractivity contribution in [1.29, 1.82) is 0 Å². The zero-order chi connectivity index (χ0) is 14.8. The number of aromatic nitrogens is 2. The number of carboxylic acids is 1. The molecule has 0 spiro atoms. The van der Waals surface area contributed by atoms with Gasteiger partial charge in [0.05, 0.1) is 6.54 Å². The number of nitrogens with zero attached hydrogens (tertiary/aromatic N) is 2. The molecule has 0 aromatic carbocycles. The molecular weight excluding hydrogens is 277 g/mol. The second-order valence-corrected chi connectivity index (χ2v) is 3.81. The first kappa shape index (κ1) is 15.3. The maximum Gasteiger partial charge on any atom is 0.417 e. The number of hydrogen-bond donors (Lipinski definition) is 2. The van der Waals surface area contributed by atoms with Gasteiger partial charge in [0.1, 0.15) is 5.82 Å². The first-order chi connectivity index (χ1) is 8.59.